The maximum atomic E-state index is 12.4. The van der Waals surface area contributed by atoms with Crippen LogP contribution in [0.5, 0.6) is 0 Å². The van der Waals surface area contributed by atoms with Gasteiger partial charge < -0.3 is 4.74 Å². The largest absolute Gasteiger partial charge is 0.469 e. The summed E-state index contributed by atoms with van der Waals surface area (Å²) in [5.74, 6) is 3.14. The molecule has 0 radical (unpaired) electrons. The maximum Gasteiger partial charge on any atom is 0.313 e. The van der Waals surface area contributed by atoms with Crippen LogP contribution in [-0.2, 0) is 9.53 Å². The lowest BCUT2D eigenvalue weighted by molar-refractivity contribution is -0.158. The van der Waals surface area contributed by atoms with Crippen LogP contribution in [0, 0.1) is 22.3 Å². The zero-order valence-electron chi connectivity index (χ0n) is 13.8. The summed E-state index contributed by atoms with van der Waals surface area (Å²) in [4.78, 5) is 12.4. The molecule has 1 aliphatic carbocycles. The molecule has 0 bridgehead atoms. The molecule has 0 aromatic rings. The third-order valence-electron chi connectivity index (χ3n) is 4.35. The van der Waals surface area contributed by atoms with Crippen molar-refractivity contribution in [2.75, 3.05) is 7.11 Å². The van der Waals surface area contributed by atoms with Crippen molar-refractivity contribution in [2.24, 2.45) is 10.8 Å². The Morgan fingerprint density at radius 1 is 1.45 bits per heavy atom. The molecule has 0 amide bonds. The number of methoxy groups -OCH3 is 1. The van der Waals surface area contributed by atoms with E-state index in [-0.39, 0.29) is 11.4 Å². The minimum Gasteiger partial charge on any atom is -0.469 e. The highest BCUT2D eigenvalue weighted by atomic mass is 28.3. The first kappa shape index (κ1) is 17.0. The summed E-state index contributed by atoms with van der Waals surface area (Å²) in [5.41, 5.74) is 2.65. The lowest BCUT2D eigenvalue weighted by atomic mass is 9.60. The first-order chi connectivity index (χ1) is 9.15. The lowest BCUT2D eigenvalue weighted by Gasteiger charge is -2.43. The van der Waals surface area contributed by atoms with E-state index < -0.39 is 13.5 Å². The number of ether oxygens (including phenoxy) is 1. The van der Waals surface area contributed by atoms with E-state index in [4.69, 9.17) is 4.74 Å². The first-order valence-corrected chi connectivity index (χ1v) is 10.9. The molecule has 20 heavy (non-hydrogen) atoms. The van der Waals surface area contributed by atoms with Crippen LogP contribution in [0.15, 0.2) is 12.2 Å². The van der Waals surface area contributed by atoms with Crippen molar-refractivity contribution in [2.45, 2.75) is 59.2 Å². The zero-order valence-corrected chi connectivity index (χ0v) is 14.8. The maximum absolute atomic E-state index is 12.4. The Labute approximate surface area is 125 Å². The van der Waals surface area contributed by atoms with E-state index in [2.05, 4.69) is 50.2 Å². The average Bonchev–Trinajstić information content (AvgIpc) is 2.36. The molecular formula is C17H28O2Si. The van der Waals surface area contributed by atoms with Crippen LogP contribution in [0.25, 0.3) is 0 Å². The number of carbonyl (C=O) groups is 1. The summed E-state index contributed by atoms with van der Waals surface area (Å²) in [7, 11) is 0.0676. The van der Waals surface area contributed by atoms with E-state index in [1.165, 1.54) is 7.11 Å². The van der Waals surface area contributed by atoms with E-state index in [1.807, 2.05) is 6.92 Å². The number of hydrogen-bond donors (Lipinski definition) is 0. The second-order valence-electron chi connectivity index (χ2n) is 7.26. The van der Waals surface area contributed by atoms with Crippen LogP contribution in [0.2, 0.25) is 19.6 Å². The van der Waals surface area contributed by atoms with Crippen molar-refractivity contribution in [3.05, 3.63) is 12.2 Å². The highest BCUT2D eigenvalue weighted by molar-refractivity contribution is 6.83. The molecule has 3 heteroatoms. The summed E-state index contributed by atoms with van der Waals surface area (Å²) < 4.78 is 5.09. The normalized spacial score (nSPS) is 25.3. The molecule has 0 N–H and O–H groups in total. The van der Waals surface area contributed by atoms with Gasteiger partial charge in [0.2, 0.25) is 0 Å². The van der Waals surface area contributed by atoms with Crippen molar-refractivity contribution in [1.29, 1.82) is 0 Å². The van der Waals surface area contributed by atoms with E-state index in [1.54, 1.807) is 0 Å². The summed E-state index contributed by atoms with van der Waals surface area (Å²) in [6.45, 7) is 10.8. The van der Waals surface area contributed by atoms with Crippen LogP contribution in [0.1, 0.15) is 39.5 Å². The van der Waals surface area contributed by atoms with Crippen molar-refractivity contribution in [3.8, 4) is 11.5 Å². The molecule has 0 aliphatic heterocycles. The molecule has 0 saturated carbocycles. The standard InChI is InChI=1S/C17H28O2Si/c1-16(11-8-7-9-12-16)17(2,15(18)19-3)13-10-14-20(4,5)6/h8,11H,7,9,12-13H2,1-6H3. The number of esters is 1. The molecule has 1 rings (SSSR count). The molecule has 0 fully saturated rings. The summed E-state index contributed by atoms with van der Waals surface area (Å²) in [6.07, 6.45) is 8.21. The van der Waals surface area contributed by atoms with Gasteiger partial charge in [-0.05, 0) is 26.2 Å². The molecule has 112 valence electrons. The van der Waals surface area contributed by atoms with Gasteiger partial charge in [-0.3, -0.25) is 4.79 Å². The van der Waals surface area contributed by atoms with Crippen LogP contribution in [-0.4, -0.2) is 21.2 Å². The summed E-state index contributed by atoms with van der Waals surface area (Å²) >= 11 is 0. The molecule has 1 aliphatic rings. The molecule has 0 heterocycles. The predicted molar refractivity (Wildman–Crippen MR) is 87.0 cm³/mol. The first-order valence-electron chi connectivity index (χ1n) is 7.41. The Morgan fingerprint density at radius 3 is 2.55 bits per heavy atom. The van der Waals surface area contributed by atoms with Gasteiger partial charge in [0.25, 0.3) is 0 Å². The third-order valence-corrected chi connectivity index (χ3v) is 5.28. The number of allylic oxidation sites excluding steroid dienone is 2. The third kappa shape index (κ3) is 3.76. The quantitative estimate of drug-likeness (QED) is 0.337. The van der Waals surface area contributed by atoms with Crippen LogP contribution >= 0.6 is 0 Å². The van der Waals surface area contributed by atoms with Gasteiger partial charge in [-0.15, -0.1) is 11.5 Å². The minimum atomic E-state index is -1.41. The summed E-state index contributed by atoms with van der Waals surface area (Å²) in [6, 6.07) is 0. The topological polar surface area (TPSA) is 26.3 Å². The fraction of sp³-hybridized carbons (Fsp3) is 0.706. The van der Waals surface area contributed by atoms with Gasteiger partial charge in [0.05, 0.1) is 12.5 Å². The monoisotopic (exact) mass is 292 g/mol. The molecule has 2 nitrogen and oxygen atoms in total. The fourth-order valence-corrected chi connectivity index (χ4v) is 3.31. The highest BCUT2D eigenvalue weighted by Crippen LogP contribution is 2.49. The smallest absolute Gasteiger partial charge is 0.313 e. The SMILES string of the molecule is COC(=O)C(C)(CC#C[Si](C)(C)C)C1(C)C=CCCC1. The number of rotatable bonds is 3. The highest BCUT2D eigenvalue weighted by Gasteiger charge is 2.49. The van der Waals surface area contributed by atoms with E-state index in [9.17, 15) is 4.79 Å². The Bertz CT molecular complexity index is 450. The average molecular weight is 292 g/mol. The van der Waals surface area contributed by atoms with Gasteiger partial charge in [-0.25, -0.2) is 0 Å². The van der Waals surface area contributed by atoms with Gasteiger partial charge in [-0.2, -0.15) is 0 Å². The Kier molecular flexibility index (Phi) is 5.26. The van der Waals surface area contributed by atoms with Gasteiger partial charge in [0.15, 0.2) is 0 Å². The predicted octanol–water partition coefficient (Wildman–Crippen LogP) is 4.18. The van der Waals surface area contributed by atoms with Gasteiger partial charge >= 0.3 is 5.97 Å². The molecule has 2 unspecified atom stereocenters. The van der Waals surface area contributed by atoms with E-state index >= 15 is 0 Å². The molecule has 0 aromatic carbocycles. The van der Waals surface area contributed by atoms with Crippen LogP contribution in [0.4, 0.5) is 0 Å². The molecule has 0 aromatic heterocycles. The number of carbonyl (C=O) groups excluding carboxylic acids is 1. The molecule has 2 atom stereocenters. The van der Waals surface area contributed by atoms with Gasteiger partial charge in [0.1, 0.15) is 8.07 Å². The number of hydrogen-bond acceptors (Lipinski definition) is 2. The minimum absolute atomic E-state index is 0.142. The lowest BCUT2D eigenvalue weighted by Crippen LogP contribution is -2.44. The molecule has 0 saturated heterocycles. The molecule has 0 spiro atoms. The van der Waals surface area contributed by atoms with Crippen molar-refractivity contribution >= 4 is 14.0 Å². The second kappa shape index (κ2) is 6.18. The fourth-order valence-electron chi connectivity index (χ4n) is 2.69. The Hall–Kier alpha value is -1.01. The van der Waals surface area contributed by atoms with E-state index in [0.29, 0.717) is 6.42 Å². The zero-order chi connectivity index (χ0) is 15.4. The Balaban J connectivity index is 3.09. The molecular weight excluding hydrogens is 264 g/mol. The van der Waals surface area contributed by atoms with Crippen molar-refractivity contribution < 1.29 is 9.53 Å². The van der Waals surface area contributed by atoms with Crippen LogP contribution in [0.3, 0.4) is 0 Å². The summed E-state index contributed by atoms with van der Waals surface area (Å²) in [5, 5.41) is 0. The van der Waals surface area contributed by atoms with Gasteiger partial charge in [-0.1, -0.05) is 38.7 Å². The Morgan fingerprint density at radius 2 is 2.10 bits per heavy atom. The second-order valence-corrected chi connectivity index (χ2v) is 12.0. The van der Waals surface area contributed by atoms with E-state index in [0.717, 1.165) is 19.3 Å². The van der Waals surface area contributed by atoms with Crippen molar-refractivity contribution in [3.63, 3.8) is 0 Å². The van der Waals surface area contributed by atoms with Gasteiger partial charge in [0, 0.05) is 11.8 Å². The van der Waals surface area contributed by atoms with Crippen molar-refractivity contribution in [1.82, 2.24) is 0 Å². The van der Waals surface area contributed by atoms with Crippen LogP contribution < -0.4 is 0 Å².